The molecule has 0 spiro atoms. The molecule has 6 rings (SSSR count). The van der Waals surface area contributed by atoms with Gasteiger partial charge >= 0.3 is 23.9 Å². The molecule has 15 atom stereocenters. The largest absolute Gasteiger partial charge is 0.463 e. The topological polar surface area (TPSA) is 428 Å². The number of piperazine rings is 1. The van der Waals surface area contributed by atoms with Crippen LogP contribution in [0.5, 0.6) is 0 Å². The third-order valence-corrected chi connectivity index (χ3v) is 24.7. The summed E-state index contributed by atoms with van der Waals surface area (Å²) in [5.41, 5.74) is 0.861. The predicted molar refractivity (Wildman–Crippen MR) is 476 cm³/mol. The maximum Gasteiger partial charge on any atom is 0.306 e. The number of rotatable bonds is 63. The SMILES string of the molecule is CC(=O)NC1C(OCCCCC(=O)CCCCCC(=O)CCNc2nc(N(CCC(=O)CCCCCC(=O)CCCCOC3OC(COC(C)=O)C(C)C(C)C3NC(C)=O)CCC(=O)CCCCCC(=O)CCCCOC3OC(COC(C)=O)C(C)C(C)C3NC(C)=O)nc(N3CCN(C(=O)CCCC(=O)OCc4ccccc4)CC3)n2)OC(COC(C)=O)C(C)C1C. The Kier molecular flexibility index (Phi) is 50.1. The second kappa shape index (κ2) is 59.5. The molecule has 4 fully saturated rings. The number of amides is 4. The second-order valence-corrected chi connectivity index (χ2v) is 35.1. The van der Waals surface area contributed by atoms with Gasteiger partial charge in [0.05, 0.1) is 36.4 Å². The van der Waals surface area contributed by atoms with Gasteiger partial charge in [-0.3, -0.25) is 67.1 Å². The Morgan fingerprint density at radius 2 is 0.734 bits per heavy atom. The summed E-state index contributed by atoms with van der Waals surface area (Å²) in [6, 6.07) is 8.09. The van der Waals surface area contributed by atoms with E-state index in [0.717, 1.165) is 5.56 Å². The molecular weight excluding hydrogens is 1650 g/mol. The first-order valence-electron chi connectivity index (χ1n) is 46.8. The molecule has 4 amide bonds. The van der Waals surface area contributed by atoms with E-state index < -0.39 is 79.2 Å². The van der Waals surface area contributed by atoms with Crippen LogP contribution in [-0.4, -0.2) is 243 Å². The normalized spacial score (nSPS) is 22.7. The number of hydrogen-bond acceptors (Lipinski definition) is 30. The van der Waals surface area contributed by atoms with Crippen LogP contribution in [0.3, 0.4) is 0 Å². The third-order valence-electron chi connectivity index (χ3n) is 24.7. The molecule has 2 aromatic rings. The number of Topliss-reactive ketones (excluding diaryl/α,β-unsaturated/α-hetero) is 6. The summed E-state index contributed by atoms with van der Waals surface area (Å²) in [5.74, 6) is -1.79. The fraction of sp³-hybridized carbons (Fsp3) is 0.755. The van der Waals surface area contributed by atoms with Crippen molar-refractivity contribution in [3.8, 4) is 0 Å². The Bertz CT molecular complexity index is 3690. The fourth-order valence-corrected chi connectivity index (χ4v) is 16.2. The number of ether oxygens (including phenoxy) is 10. The average Bonchev–Trinajstić information content (AvgIpc) is 0.811. The molecule has 1 aromatic heterocycles. The monoisotopic (exact) mass is 1800 g/mol. The van der Waals surface area contributed by atoms with E-state index in [2.05, 4.69) is 21.3 Å². The van der Waals surface area contributed by atoms with Crippen molar-refractivity contribution in [1.29, 1.82) is 0 Å². The minimum absolute atomic E-state index is 0.00513. The molecular formula is C94H148N10O24. The van der Waals surface area contributed by atoms with Crippen molar-refractivity contribution in [2.75, 3.05) is 101 Å². The second-order valence-electron chi connectivity index (χ2n) is 35.1. The van der Waals surface area contributed by atoms with Crippen molar-refractivity contribution in [2.45, 2.75) is 338 Å². The highest BCUT2D eigenvalue weighted by molar-refractivity contribution is 5.82. The highest BCUT2D eigenvalue weighted by Gasteiger charge is 2.46. The van der Waals surface area contributed by atoms with Crippen LogP contribution in [0, 0.1) is 35.5 Å². The summed E-state index contributed by atoms with van der Waals surface area (Å²) in [5, 5.41) is 12.1. The smallest absolute Gasteiger partial charge is 0.306 e. The summed E-state index contributed by atoms with van der Waals surface area (Å²) in [4.78, 5) is 198. The summed E-state index contributed by atoms with van der Waals surface area (Å²) in [6.45, 7) is 23.2. The first kappa shape index (κ1) is 108. The zero-order valence-corrected chi connectivity index (χ0v) is 78.1. The predicted octanol–water partition coefficient (Wildman–Crippen LogP) is 10.8. The van der Waals surface area contributed by atoms with E-state index >= 15 is 0 Å². The zero-order chi connectivity index (χ0) is 93.5. The molecule has 128 heavy (non-hydrogen) atoms. The lowest BCUT2D eigenvalue weighted by atomic mass is 9.82. The van der Waals surface area contributed by atoms with E-state index in [1.54, 1.807) is 9.80 Å². The minimum Gasteiger partial charge on any atom is -0.463 e. The van der Waals surface area contributed by atoms with Crippen LogP contribution in [-0.2, 0) is 121 Å². The number of benzene rings is 1. The molecule has 4 saturated heterocycles. The first-order chi connectivity index (χ1) is 61.2. The van der Waals surface area contributed by atoms with Gasteiger partial charge in [-0.1, -0.05) is 91.1 Å². The number of nitrogens with one attached hydrogen (secondary N) is 4. The van der Waals surface area contributed by atoms with E-state index in [-0.39, 0.29) is 216 Å². The van der Waals surface area contributed by atoms with Crippen LogP contribution in [0.1, 0.15) is 281 Å². The number of ketones is 6. The Morgan fingerprint density at radius 3 is 1.09 bits per heavy atom. The Balaban J connectivity index is 1.04. The van der Waals surface area contributed by atoms with Gasteiger partial charge in [0.1, 0.15) is 61.1 Å². The summed E-state index contributed by atoms with van der Waals surface area (Å²) >= 11 is 0. The maximum absolute atomic E-state index is 13.9. The van der Waals surface area contributed by atoms with Crippen LogP contribution in [0.2, 0.25) is 0 Å². The van der Waals surface area contributed by atoms with Crippen LogP contribution < -0.4 is 31.1 Å². The highest BCUT2D eigenvalue weighted by atomic mass is 16.7. The average molecular weight is 1800 g/mol. The molecule has 5 heterocycles. The van der Waals surface area contributed by atoms with Gasteiger partial charge in [-0.2, -0.15) is 15.0 Å². The Morgan fingerprint density at radius 1 is 0.383 bits per heavy atom. The van der Waals surface area contributed by atoms with Gasteiger partial charge in [-0.25, -0.2) is 0 Å². The van der Waals surface area contributed by atoms with Crippen molar-refractivity contribution in [3.63, 3.8) is 0 Å². The van der Waals surface area contributed by atoms with Crippen molar-refractivity contribution < 1.29 is 114 Å². The first-order valence-corrected chi connectivity index (χ1v) is 46.8. The lowest BCUT2D eigenvalue weighted by Crippen LogP contribution is -2.58. The molecule has 0 bridgehead atoms. The number of carbonyl (C=O) groups excluding carboxylic acids is 14. The minimum atomic E-state index is -0.767. The quantitative estimate of drug-likeness (QED) is 0.0271. The number of hydrogen-bond donors (Lipinski definition) is 4. The van der Waals surface area contributed by atoms with Crippen LogP contribution in [0.15, 0.2) is 30.3 Å². The molecule has 4 N–H and O–H groups in total. The number of aromatic nitrogens is 3. The number of unbranched alkanes of at least 4 members (excludes halogenated alkanes) is 9. The van der Waals surface area contributed by atoms with Gasteiger partial charge in [-0.15, -0.1) is 0 Å². The molecule has 0 radical (unpaired) electrons. The zero-order valence-electron chi connectivity index (χ0n) is 78.1. The number of esters is 4. The van der Waals surface area contributed by atoms with Gasteiger partial charge in [0.2, 0.25) is 41.5 Å². The van der Waals surface area contributed by atoms with Crippen molar-refractivity contribution in [3.05, 3.63) is 35.9 Å². The Hall–Kier alpha value is -8.83. The molecule has 1 aromatic carbocycles. The number of anilines is 3. The van der Waals surface area contributed by atoms with Gasteiger partial charge in [-0.05, 0) is 125 Å². The molecule has 34 nitrogen and oxygen atoms in total. The molecule has 34 heteroatoms. The van der Waals surface area contributed by atoms with Gasteiger partial charge < -0.3 is 83.3 Å². The summed E-state index contributed by atoms with van der Waals surface area (Å²) < 4.78 is 58.2. The molecule has 15 unspecified atom stereocenters. The van der Waals surface area contributed by atoms with E-state index in [1.165, 1.54) is 41.5 Å². The van der Waals surface area contributed by atoms with Gasteiger partial charge in [0.15, 0.2) is 18.9 Å². The number of nitrogens with zero attached hydrogens (tertiary/aromatic N) is 6. The summed E-state index contributed by atoms with van der Waals surface area (Å²) in [6.07, 6.45) is 9.13. The standard InChI is InChI=1S/C94H148N10O24/c1-62-65(4)86(96-68(7)105)89(126-81(62)59-122-71(10)108)119-55-28-25-40-75(111)34-19-14-22-37-78(114)45-48-95-92-99-93(101-94(100-92)104-53-51-102(52-54-104)84(117)43-31-44-85(118)125-58-74-32-17-13-18-33-74)103(49-46-79(115)38-23-15-20-35-76(112)41-26-29-56-120-90-87(97-69(8)106)66(5)63(2)82(127-90)60-123-72(11)109)50-47-80(116)39-24-16-21-36-77(113)42-27-30-57-121-91-88(98-70(9)107)67(6)64(3)83(128-91)61-124-73(12)110/h13,17-18,32-33,62-67,81-83,86-91H,14-16,19-31,34-61H2,1-12H3,(H,96,105)(H,97,106)(H,98,107)(H,95,99,100,101). The number of carbonyl (C=O) groups is 14. The van der Waals surface area contributed by atoms with Gasteiger partial charge in [0, 0.05) is 197 Å². The lowest BCUT2D eigenvalue weighted by molar-refractivity contribution is -0.244. The molecule has 0 aliphatic carbocycles. The third kappa shape index (κ3) is 41.5. The summed E-state index contributed by atoms with van der Waals surface area (Å²) in [7, 11) is 0. The van der Waals surface area contributed by atoms with Crippen molar-refractivity contribution in [1.82, 2.24) is 35.8 Å². The maximum atomic E-state index is 13.9. The van der Waals surface area contributed by atoms with Crippen molar-refractivity contribution in [2.24, 2.45) is 35.5 Å². The van der Waals surface area contributed by atoms with Crippen LogP contribution in [0.25, 0.3) is 0 Å². The van der Waals surface area contributed by atoms with Crippen LogP contribution in [0.4, 0.5) is 17.8 Å². The molecule has 4 aliphatic rings. The fourth-order valence-electron chi connectivity index (χ4n) is 16.2. The lowest BCUT2D eigenvalue weighted by Gasteiger charge is -2.44. The van der Waals surface area contributed by atoms with E-state index in [4.69, 9.17) is 62.3 Å². The molecule has 718 valence electrons. The van der Waals surface area contributed by atoms with E-state index in [0.29, 0.717) is 180 Å². The van der Waals surface area contributed by atoms with Crippen molar-refractivity contribution >= 4 is 100 Å². The Labute approximate surface area is 756 Å². The van der Waals surface area contributed by atoms with Crippen LogP contribution >= 0.6 is 0 Å². The molecule has 0 saturated carbocycles. The molecule has 4 aliphatic heterocycles. The highest BCUT2D eigenvalue weighted by Crippen LogP contribution is 2.36. The van der Waals surface area contributed by atoms with E-state index in [9.17, 15) is 67.1 Å². The van der Waals surface area contributed by atoms with Gasteiger partial charge in [0.25, 0.3) is 0 Å². The van der Waals surface area contributed by atoms with E-state index in [1.807, 2.05) is 76.8 Å².